The lowest BCUT2D eigenvalue weighted by molar-refractivity contribution is 0.0946. The summed E-state index contributed by atoms with van der Waals surface area (Å²) in [5.74, 6) is -2.24. The first kappa shape index (κ1) is 17.0. The van der Waals surface area contributed by atoms with Gasteiger partial charge in [0.1, 0.15) is 0 Å². The summed E-state index contributed by atoms with van der Waals surface area (Å²) in [4.78, 5) is 16.3. The number of phenols is 1. The molecule has 1 aliphatic heterocycles. The molecule has 4 rings (SSSR count). The average Bonchev–Trinajstić information content (AvgIpc) is 2.93. The molecule has 3 N–H and O–H groups in total. The summed E-state index contributed by atoms with van der Waals surface area (Å²) in [6.45, 7) is 0.465. The number of aromatic nitrogens is 2. The lowest BCUT2D eigenvalue weighted by Crippen LogP contribution is -2.32. The van der Waals surface area contributed by atoms with Crippen LogP contribution in [0, 0.1) is 11.6 Å². The minimum atomic E-state index is -0.800. The van der Waals surface area contributed by atoms with E-state index in [-0.39, 0.29) is 17.2 Å². The second kappa shape index (κ2) is 6.39. The van der Waals surface area contributed by atoms with Crippen LogP contribution in [0.5, 0.6) is 5.75 Å². The fourth-order valence-corrected chi connectivity index (χ4v) is 3.41. The highest BCUT2D eigenvalue weighted by atomic mass is 19.1. The smallest absolute Gasteiger partial charge is 0.255 e. The maximum absolute atomic E-state index is 14.5. The molecule has 0 atom stereocenters. The van der Waals surface area contributed by atoms with E-state index in [0.717, 1.165) is 18.0 Å². The Kier molecular flexibility index (Phi) is 4.02. The molecule has 138 valence electrons. The number of rotatable bonds is 3. The van der Waals surface area contributed by atoms with Crippen molar-refractivity contribution in [3.05, 3.63) is 59.6 Å². The normalized spacial score (nSPS) is 13.2. The van der Waals surface area contributed by atoms with Crippen LogP contribution in [-0.4, -0.2) is 27.1 Å². The molecule has 0 bridgehead atoms. The van der Waals surface area contributed by atoms with E-state index in [1.807, 2.05) is 0 Å². The third-order valence-electron chi connectivity index (χ3n) is 4.66. The zero-order valence-electron chi connectivity index (χ0n) is 14.4. The first-order chi connectivity index (χ1) is 13.0. The van der Waals surface area contributed by atoms with Gasteiger partial charge in [0.25, 0.3) is 5.91 Å². The lowest BCUT2D eigenvalue weighted by Gasteiger charge is -2.16. The molecular weight excluding hydrogens is 354 g/mol. The standard InChI is InChI=1S/C19H16F2N4O2/c1-25-14-6-8-23-19(27)15(14)16(17(25)10-5-7-22-9-12(10)21)24-13-4-2-3-11(20)18(13)26/h2-5,7,9,24,26H,6,8H2,1H3,(H,23,27). The van der Waals surface area contributed by atoms with Crippen molar-refractivity contribution in [2.75, 3.05) is 11.9 Å². The monoisotopic (exact) mass is 370 g/mol. The molecule has 0 unspecified atom stereocenters. The first-order valence-corrected chi connectivity index (χ1v) is 8.33. The Morgan fingerprint density at radius 1 is 1.26 bits per heavy atom. The third kappa shape index (κ3) is 2.69. The third-order valence-corrected chi connectivity index (χ3v) is 4.66. The Hall–Kier alpha value is -3.42. The van der Waals surface area contributed by atoms with Gasteiger partial charge in [-0.05, 0) is 18.2 Å². The number of hydrogen-bond acceptors (Lipinski definition) is 4. The average molecular weight is 370 g/mol. The number of halogens is 2. The molecule has 1 amide bonds. The summed E-state index contributed by atoms with van der Waals surface area (Å²) in [5, 5.41) is 15.7. The molecule has 0 aliphatic carbocycles. The molecule has 8 heteroatoms. The maximum atomic E-state index is 14.5. The molecule has 0 radical (unpaired) electrons. The van der Waals surface area contributed by atoms with Crippen LogP contribution in [0.3, 0.4) is 0 Å². The maximum Gasteiger partial charge on any atom is 0.255 e. The number of nitrogens with zero attached hydrogens (tertiary/aromatic N) is 2. The van der Waals surface area contributed by atoms with Gasteiger partial charge in [0.05, 0.1) is 28.8 Å². The van der Waals surface area contributed by atoms with Gasteiger partial charge in [-0.25, -0.2) is 8.78 Å². The van der Waals surface area contributed by atoms with Crippen LogP contribution in [0.15, 0.2) is 36.7 Å². The Labute approximate surface area is 153 Å². The SMILES string of the molecule is Cn1c2c(c(Nc3cccc(F)c3O)c1-c1ccncc1F)C(=O)NCC2. The molecule has 0 saturated carbocycles. The van der Waals surface area contributed by atoms with Gasteiger partial charge in [-0.15, -0.1) is 0 Å². The predicted molar refractivity (Wildman–Crippen MR) is 96.0 cm³/mol. The van der Waals surface area contributed by atoms with Crippen molar-refractivity contribution >= 4 is 17.3 Å². The minimum Gasteiger partial charge on any atom is -0.503 e. The van der Waals surface area contributed by atoms with E-state index in [0.29, 0.717) is 29.9 Å². The number of carbonyl (C=O) groups excluding carboxylic acids is 1. The number of carbonyl (C=O) groups is 1. The van der Waals surface area contributed by atoms with Crippen LogP contribution in [0.2, 0.25) is 0 Å². The van der Waals surface area contributed by atoms with Gasteiger partial charge in [0, 0.05) is 37.5 Å². The van der Waals surface area contributed by atoms with Crippen LogP contribution in [0.25, 0.3) is 11.3 Å². The quantitative estimate of drug-likeness (QED) is 0.619. The van der Waals surface area contributed by atoms with E-state index >= 15 is 0 Å². The summed E-state index contributed by atoms with van der Waals surface area (Å²) in [5.41, 5.74) is 2.11. The number of pyridine rings is 1. The number of amides is 1. The van der Waals surface area contributed by atoms with Gasteiger partial charge >= 0.3 is 0 Å². The zero-order valence-corrected chi connectivity index (χ0v) is 14.4. The van der Waals surface area contributed by atoms with Gasteiger partial charge in [0.2, 0.25) is 0 Å². The molecule has 3 heterocycles. The largest absolute Gasteiger partial charge is 0.503 e. The highest BCUT2D eigenvalue weighted by molar-refractivity contribution is 6.06. The van der Waals surface area contributed by atoms with Crippen molar-refractivity contribution in [3.8, 4) is 17.0 Å². The van der Waals surface area contributed by atoms with E-state index in [9.17, 15) is 18.7 Å². The number of hydrogen-bond donors (Lipinski definition) is 3. The van der Waals surface area contributed by atoms with Crippen LogP contribution in [0.1, 0.15) is 16.1 Å². The Balaban J connectivity index is 1.98. The van der Waals surface area contributed by atoms with Gasteiger partial charge < -0.3 is 20.3 Å². The number of anilines is 2. The van der Waals surface area contributed by atoms with Gasteiger partial charge in [-0.2, -0.15) is 0 Å². The van der Waals surface area contributed by atoms with Gasteiger partial charge in [-0.1, -0.05) is 6.07 Å². The highest BCUT2D eigenvalue weighted by Crippen LogP contribution is 2.41. The summed E-state index contributed by atoms with van der Waals surface area (Å²) in [7, 11) is 1.74. The van der Waals surface area contributed by atoms with E-state index < -0.39 is 17.4 Å². The van der Waals surface area contributed by atoms with Gasteiger partial charge in [0.15, 0.2) is 17.4 Å². The highest BCUT2D eigenvalue weighted by Gasteiger charge is 2.30. The first-order valence-electron chi connectivity index (χ1n) is 8.33. The number of aromatic hydroxyl groups is 1. The van der Waals surface area contributed by atoms with E-state index in [2.05, 4.69) is 15.6 Å². The van der Waals surface area contributed by atoms with Gasteiger partial charge in [-0.3, -0.25) is 9.78 Å². The van der Waals surface area contributed by atoms with Crippen molar-refractivity contribution in [2.24, 2.45) is 7.05 Å². The van der Waals surface area contributed by atoms with Crippen molar-refractivity contribution in [1.82, 2.24) is 14.9 Å². The number of benzene rings is 1. The molecule has 0 saturated heterocycles. The number of phenolic OH excluding ortho intramolecular Hbond substituents is 1. The Morgan fingerprint density at radius 2 is 2.07 bits per heavy atom. The molecule has 0 spiro atoms. The summed E-state index contributed by atoms with van der Waals surface area (Å²) in [6.07, 6.45) is 3.10. The molecule has 0 fully saturated rings. The molecule has 3 aromatic rings. The van der Waals surface area contributed by atoms with E-state index in [4.69, 9.17) is 0 Å². The molecule has 2 aromatic heterocycles. The minimum absolute atomic E-state index is 0.0810. The summed E-state index contributed by atoms with van der Waals surface area (Å²) < 4.78 is 30.0. The summed E-state index contributed by atoms with van der Waals surface area (Å²) >= 11 is 0. The second-order valence-corrected chi connectivity index (χ2v) is 6.23. The lowest BCUT2D eigenvalue weighted by atomic mass is 10.1. The molecule has 6 nitrogen and oxygen atoms in total. The molecular formula is C19H16F2N4O2. The van der Waals surface area contributed by atoms with Crippen molar-refractivity contribution in [3.63, 3.8) is 0 Å². The van der Waals surface area contributed by atoms with E-state index in [1.165, 1.54) is 24.4 Å². The van der Waals surface area contributed by atoms with E-state index in [1.54, 1.807) is 11.6 Å². The number of nitrogens with one attached hydrogen (secondary N) is 2. The van der Waals surface area contributed by atoms with Crippen molar-refractivity contribution in [1.29, 1.82) is 0 Å². The Morgan fingerprint density at radius 3 is 2.85 bits per heavy atom. The Bertz CT molecular complexity index is 1060. The second-order valence-electron chi connectivity index (χ2n) is 6.23. The molecule has 1 aromatic carbocycles. The summed E-state index contributed by atoms with van der Waals surface area (Å²) in [6, 6.07) is 5.53. The van der Waals surface area contributed by atoms with Crippen LogP contribution in [-0.2, 0) is 13.5 Å². The van der Waals surface area contributed by atoms with Crippen LogP contribution < -0.4 is 10.6 Å². The zero-order chi connectivity index (χ0) is 19.1. The van der Waals surface area contributed by atoms with Crippen molar-refractivity contribution in [2.45, 2.75) is 6.42 Å². The van der Waals surface area contributed by atoms with Crippen LogP contribution >= 0.6 is 0 Å². The fourth-order valence-electron chi connectivity index (χ4n) is 3.41. The number of para-hydroxylation sites is 1. The van der Waals surface area contributed by atoms with Crippen LogP contribution in [0.4, 0.5) is 20.2 Å². The van der Waals surface area contributed by atoms with Crippen molar-refractivity contribution < 1.29 is 18.7 Å². The topological polar surface area (TPSA) is 79.2 Å². The predicted octanol–water partition coefficient (Wildman–Crippen LogP) is 3.10. The fraction of sp³-hybridized carbons (Fsp3) is 0.158. The molecule has 27 heavy (non-hydrogen) atoms. The molecule has 1 aliphatic rings. The number of fused-ring (bicyclic) bond motifs is 1.